The van der Waals surface area contributed by atoms with E-state index < -0.39 is 5.97 Å². The van der Waals surface area contributed by atoms with Gasteiger partial charge < -0.3 is 19.5 Å². The molecule has 1 aromatic heterocycles. The van der Waals surface area contributed by atoms with Gasteiger partial charge in [-0.25, -0.2) is 4.98 Å². The highest BCUT2D eigenvalue weighted by Crippen LogP contribution is 2.33. The van der Waals surface area contributed by atoms with Gasteiger partial charge in [-0.15, -0.1) is 11.3 Å². The summed E-state index contributed by atoms with van der Waals surface area (Å²) in [5.41, 5.74) is 1.99. The Bertz CT molecular complexity index is 811. The SMILES string of the molecule is O=C(O)CCN(c1nc(-c2ccc(OC3CCOCC3)cc2)cs1)C1CCCCC1. The summed E-state index contributed by atoms with van der Waals surface area (Å²) in [6.45, 7) is 2.05. The number of nitrogens with zero attached hydrogens (tertiary/aromatic N) is 2. The zero-order valence-corrected chi connectivity index (χ0v) is 18.1. The van der Waals surface area contributed by atoms with Crippen LogP contribution < -0.4 is 9.64 Å². The fourth-order valence-electron chi connectivity index (χ4n) is 4.26. The first kappa shape index (κ1) is 21.1. The zero-order valence-electron chi connectivity index (χ0n) is 17.3. The highest BCUT2D eigenvalue weighted by Gasteiger charge is 2.24. The van der Waals surface area contributed by atoms with E-state index in [2.05, 4.69) is 22.4 Å². The van der Waals surface area contributed by atoms with Crippen LogP contribution in [0.4, 0.5) is 5.13 Å². The van der Waals surface area contributed by atoms with Gasteiger partial charge >= 0.3 is 5.97 Å². The average molecular weight is 431 g/mol. The summed E-state index contributed by atoms with van der Waals surface area (Å²) >= 11 is 1.61. The highest BCUT2D eigenvalue weighted by molar-refractivity contribution is 7.14. The number of carboxylic acids is 1. The van der Waals surface area contributed by atoms with Crippen LogP contribution in [0.2, 0.25) is 0 Å². The lowest BCUT2D eigenvalue weighted by atomic mass is 9.94. The monoisotopic (exact) mass is 430 g/mol. The number of benzene rings is 1. The van der Waals surface area contributed by atoms with Crippen molar-refractivity contribution in [3.63, 3.8) is 0 Å². The molecule has 1 saturated carbocycles. The summed E-state index contributed by atoms with van der Waals surface area (Å²) in [6.07, 6.45) is 8.17. The molecule has 0 amide bonds. The van der Waals surface area contributed by atoms with Crippen molar-refractivity contribution in [2.75, 3.05) is 24.7 Å². The molecule has 2 aliphatic rings. The Kier molecular flexibility index (Phi) is 7.23. The molecule has 2 fully saturated rings. The summed E-state index contributed by atoms with van der Waals surface area (Å²) < 4.78 is 11.4. The second-order valence-corrected chi connectivity index (χ2v) is 8.93. The number of thiazole rings is 1. The molecule has 0 unspecified atom stereocenters. The number of aromatic nitrogens is 1. The van der Waals surface area contributed by atoms with Crippen LogP contribution in [0, 0.1) is 0 Å². The molecule has 6 nitrogen and oxygen atoms in total. The molecule has 7 heteroatoms. The van der Waals surface area contributed by atoms with Crippen molar-refractivity contribution in [3.8, 4) is 17.0 Å². The minimum atomic E-state index is -0.757. The molecular formula is C23H30N2O4S. The molecule has 2 heterocycles. The molecule has 4 rings (SSSR count). The molecule has 1 N–H and O–H groups in total. The lowest BCUT2D eigenvalue weighted by Crippen LogP contribution is -2.38. The van der Waals surface area contributed by atoms with E-state index >= 15 is 0 Å². The second-order valence-electron chi connectivity index (χ2n) is 8.10. The van der Waals surface area contributed by atoms with E-state index in [0.29, 0.717) is 12.6 Å². The van der Waals surface area contributed by atoms with Crippen LogP contribution in [0.1, 0.15) is 51.4 Å². The number of aliphatic carboxylic acids is 1. The first-order chi connectivity index (χ1) is 14.7. The number of ether oxygens (including phenoxy) is 2. The number of anilines is 1. The molecule has 1 aliphatic heterocycles. The summed E-state index contributed by atoms with van der Waals surface area (Å²) in [4.78, 5) is 18.3. The fourth-order valence-corrected chi connectivity index (χ4v) is 5.20. The van der Waals surface area contributed by atoms with E-state index in [4.69, 9.17) is 14.5 Å². The molecule has 0 bridgehead atoms. The van der Waals surface area contributed by atoms with E-state index in [1.54, 1.807) is 11.3 Å². The molecular weight excluding hydrogens is 400 g/mol. The maximum absolute atomic E-state index is 11.2. The standard InChI is InChI=1S/C23H30N2O4S/c26-22(27)10-13-25(18-4-2-1-3-5-18)23-24-21(16-30-23)17-6-8-19(9-7-17)29-20-11-14-28-15-12-20/h6-9,16,18,20H,1-5,10-15H2,(H,26,27). The summed E-state index contributed by atoms with van der Waals surface area (Å²) in [5, 5.41) is 12.2. The molecule has 1 aromatic carbocycles. The van der Waals surface area contributed by atoms with Gasteiger partial charge in [0.1, 0.15) is 11.9 Å². The van der Waals surface area contributed by atoms with Gasteiger partial charge in [-0.1, -0.05) is 19.3 Å². The Balaban J connectivity index is 1.44. The molecule has 30 heavy (non-hydrogen) atoms. The Morgan fingerprint density at radius 1 is 1.13 bits per heavy atom. The van der Waals surface area contributed by atoms with Crippen LogP contribution >= 0.6 is 11.3 Å². The summed E-state index contributed by atoms with van der Waals surface area (Å²) in [6, 6.07) is 8.51. The van der Waals surface area contributed by atoms with Crippen LogP contribution in [0.5, 0.6) is 5.75 Å². The first-order valence-electron chi connectivity index (χ1n) is 11.0. The van der Waals surface area contributed by atoms with E-state index in [1.165, 1.54) is 19.3 Å². The summed E-state index contributed by atoms with van der Waals surface area (Å²) in [7, 11) is 0. The number of carbonyl (C=O) groups is 1. The molecule has 0 spiro atoms. The van der Waals surface area contributed by atoms with Gasteiger partial charge in [-0.05, 0) is 37.1 Å². The van der Waals surface area contributed by atoms with E-state index in [1.807, 2.05) is 12.1 Å². The van der Waals surface area contributed by atoms with Gasteiger partial charge in [-0.2, -0.15) is 0 Å². The maximum atomic E-state index is 11.2. The quantitative estimate of drug-likeness (QED) is 0.637. The van der Waals surface area contributed by atoms with Crippen molar-refractivity contribution in [2.24, 2.45) is 0 Å². The van der Waals surface area contributed by atoms with Crippen molar-refractivity contribution < 1.29 is 19.4 Å². The lowest BCUT2D eigenvalue weighted by Gasteiger charge is -2.33. The van der Waals surface area contributed by atoms with E-state index in [9.17, 15) is 9.90 Å². The third-order valence-electron chi connectivity index (χ3n) is 5.94. The van der Waals surface area contributed by atoms with Gasteiger partial charge in [-0.3, -0.25) is 4.79 Å². The largest absolute Gasteiger partial charge is 0.490 e. The predicted molar refractivity (Wildman–Crippen MR) is 118 cm³/mol. The summed E-state index contributed by atoms with van der Waals surface area (Å²) in [5.74, 6) is 0.124. The Labute approximate surface area is 181 Å². The van der Waals surface area contributed by atoms with Crippen LogP contribution in [0.25, 0.3) is 11.3 Å². The molecule has 0 radical (unpaired) electrons. The molecule has 1 aliphatic carbocycles. The van der Waals surface area contributed by atoms with Crippen LogP contribution in [-0.2, 0) is 9.53 Å². The molecule has 2 aromatic rings. The van der Waals surface area contributed by atoms with Crippen LogP contribution in [0.3, 0.4) is 0 Å². The van der Waals surface area contributed by atoms with E-state index in [0.717, 1.165) is 61.0 Å². The highest BCUT2D eigenvalue weighted by atomic mass is 32.1. The zero-order chi connectivity index (χ0) is 20.8. The minimum Gasteiger partial charge on any atom is -0.490 e. The van der Waals surface area contributed by atoms with Gasteiger partial charge in [0.2, 0.25) is 0 Å². The number of hydrogen-bond acceptors (Lipinski definition) is 6. The topological polar surface area (TPSA) is 71.9 Å². The molecule has 162 valence electrons. The number of hydrogen-bond donors (Lipinski definition) is 1. The second kappa shape index (κ2) is 10.3. The lowest BCUT2D eigenvalue weighted by molar-refractivity contribution is -0.136. The van der Waals surface area contributed by atoms with Crippen molar-refractivity contribution in [2.45, 2.75) is 63.5 Å². The van der Waals surface area contributed by atoms with Gasteiger partial charge in [0, 0.05) is 36.4 Å². The minimum absolute atomic E-state index is 0.143. The number of carboxylic acid groups (broad SMARTS) is 1. The predicted octanol–water partition coefficient (Wildman–Crippen LogP) is 4.98. The maximum Gasteiger partial charge on any atom is 0.305 e. The molecule has 0 atom stereocenters. The van der Waals surface area contributed by atoms with Gasteiger partial charge in [0.05, 0.1) is 25.3 Å². The van der Waals surface area contributed by atoms with Crippen molar-refractivity contribution >= 4 is 22.4 Å². The smallest absolute Gasteiger partial charge is 0.305 e. The Hall–Kier alpha value is -2.12. The normalized spacial score (nSPS) is 18.3. The van der Waals surface area contributed by atoms with E-state index in [-0.39, 0.29) is 12.5 Å². The molecule has 1 saturated heterocycles. The van der Waals surface area contributed by atoms with Crippen molar-refractivity contribution in [1.29, 1.82) is 0 Å². The van der Waals surface area contributed by atoms with Crippen LogP contribution in [0.15, 0.2) is 29.6 Å². The average Bonchev–Trinajstić information content (AvgIpc) is 3.26. The third kappa shape index (κ3) is 5.52. The van der Waals surface area contributed by atoms with Gasteiger partial charge in [0.25, 0.3) is 0 Å². The van der Waals surface area contributed by atoms with Crippen molar-refractivity contribution in [1.82, 2.24) is 4.98 Å². The first-order valence-corrected chi connectivity index (χ1v) is 11.9. The Morgan fingerprint density at radius 3 is 2.57 bits per heavy atom. The fraction of sp³-hybridized carbons (Fsp3) is 0.565. The third-order valence-corrected chi connectivity index (χ3v) is 6.82. The number of rotatable bonds is 8. The van der Waals surface area contributed by atoms with Crippen LogP contribution in [-0.4, -0.2) is 48.0 Å². The van der Waals surface area contributed by atoms with Gasteiger partial charge in [0.15, 0.2) is 5.13 Å². The Morgan fingerprint density at radius 2 is 1.87 bits per heavy atom. The van der Waals surface area contributed by atoms with Crippen molar-refractivity contribution in [3.05, 3.63) is 29.6 Å².